The molecule has 3 N–H and O–H groups in total. The number of esters is 1. The summed E-state index contributed by atoms with van der Waals surface area (Å²) >= 11 is 1.17. The van der Waals surface area contributed by atoms with Crippen molar-refractivity contribution in [3.63, 3.8) is 0 Å². The lowest BCUT2D eigenvalue weighted by molar-refractivity contribution is -0.119. The van der Waals surface area contributed by atoms with Crippen LogP contribution in [0.15, 0.2) is 35.7 Å². The minimum absolute atomic E-state index is 0.227. The van der Waals surface area contributed by atoms with Crippen LogP contribution < -0.4 is 11.1 Å². The van der Waals surface area contributed by atoms with E-state index in [0.29, 0.717) is 16.5 Å². The molecular weight excluding hydrogens is 340 g/mol. The highest BCUT2D eigenvalue weighted by molar-refractivity contribution is 7.14. The molecule has 0 saturated carbocycles. The number of amides is 2. The summed E-state index contributed by atoms with van der Waals surface area (Å²) in [5, 5.41) is 4.49. The molecule has 1 heterocycles. The predicted octanol–water partition coefficient (Wildman–Crippen LogP) is 2.84. The molecule has 2 aromatic rings. The van der Waals surface area contributed by atoms with Crippen molar-refractivity contribution in [1.29, 1.82) is 0 Å². The van der Waals surface area contributed by atoms with Crippen LogP contribution in [-0.4, -0.2) is 24.4 Å². The molecule has 0 radical (unpaired) electrons. The number of carbonyl (C=O) groups is 3. The highest BCUT2D eigenvalue weighted by Gasteiger charge is 2.14. The molecule has 6 nitrogen and oxygen atoms in total. The van der Waals surface area contributed by atoms with Gasteiger partial charge in [0.2, 0.25) is 0 Å². The van der Waals surface area contributed by atoms with E-state index in [-0.39, 0.29) is 5.56 Å². The molecule has 2 rings (SSSR count). The van der Waals surface area contributed by atoms with Crippen LogP contribution in [0.4, 0.5) is 5.00 Å². The lowest BCUT2D eigenvalue weighted by Crippen LogP contribution is -2.22. The monoisotopic (exact) mass is 360 g/mol. The van der Waals surface area contributed by atoms with Gasteiger partial charge in [-0.3, -0.25) is 9.59 Å². The van der Waals surface area contributed by atoms with Gasteiger partial charge in [-0.05, 0) is 41.5 Å². The third-order valence-corrected chi connectivity index (χ3v) is 4.18. The first kappa shape index (κ1) is 18.7. The highest BCUT2D eigenvalue weighted by Crippen LogP contribution is 2.22. The Morgan fingerprint density at radius 2 is 1.84 bits per heavy atom. The number of anilines is 1. The largest absolute Gasteiger partial charge is 0.452 e. The average molecular weight is 360 g/mol. The van der Waals surface area contributed by atoms with E-state index in [2.05, 4.69) is 19.2 Å². The number of nitrogens with two attached hydrogens (primary N) is 1. The maximum Gasteiger partial charge on any atom is 0.338 e. The standard InChI is InChI=1S/C18H20N2O4S/c1-11(2)9-12-3-5-13(6-4-12)18(23)24-10-15(21)20-17-14(16(19)22)7-8-25-17/h3-8,11H,9-10H2,1-2H3,(H2,19,22)(H,20,21). The SMILES string of the molecule is CC(C)Cc1ccc(C(=O)OCC(=O)Nc2sccc2C(N)=O)cc1. The molecule has 2 amide bonds. The molecule has 1 aromatic heterocycles. The van der Waals surface area contributed by atoms with Crippen LogP contribution in [0.5, 0.6) is 0 Å². The van der Waals surface area contributed by atoms with E-state index in [1.807, 2.05) is 12.1 Å². The molecule has 0 atom stereocenters. The summed E-state index contributed by atoms with van der Waals surface area (Å²) in [5.74, 6) is -1.21. The van der Waals surface area contributed by atoms with Gasteiger partial charge in [-0.1, -0.05) is 26.0 Å². The summed E-state index contributed by atoms with van der Waals surface area (Å²) in [6, 6.07) is 8.64. The van der Waals surface area contributed by atoms with Crippen LogP contribution in [0.3, 0.4) is 0 Å². The number of hydrogen-bond acceptors (Lipinski definition) is 5. The minimum atomic E-state index is -0.630. The third-order valence-electron chi connectivity index (χ3n) is 3.35. The number of primary amides is 1. The summed E-state index contributed by atoms with van der Waals surface area (Å²) in [4.78, 5) is 35.1. The van der Waals surface area contributed by atoms with Gasteiger partial charge >= 0.3 is 5.97 Å². The Labute approximate surface area is 150 Å². The number of ether oxygens (including phenoxy) is 1. The maximum absolute atomic E-state index is 12.0. The second-order valence-corrected chi connectivity index (χ2v) is 6.86. The van der Waals surface area contributed by atoms with Crippen LogP contribution >= 0.6 is 11.3 Å². The van der Waals surface area contributed by atoms with Crippen molar-refractivity contribution in [1.82, 2.24) is 0 Å². The second-order valence-electron chi connectivity index (χ2n) is 5.95. The molecule has 0 unspecified atom stereocenters. The van der Waals surface area contributed by atoms with Crippen LogP contribution in [0.1, 0.15) is 40.1 Å². The van der Waals surface area contributed by atoms with Gasteiger partial charge in [0.25, 0.3) is 11.8 Å². The Morgan fingerprint density at radius 1 is 1.16 bits per heavy atom. The van der Waals surface area contributed by atoms with Crippen LogP contribution in [0.2, 0.25) is 0 Å². The number of nitrogens with one attached hydrogen (secondary N) is 1. The summed E-state index contributed by atoms with van der Waals surface area (Å²) in [6.45, 7) is 3.80. The van der Waals surface area contributed by atoms with Crippen LogP contribution in [0, 0.1) is 5.92 Å². The van der Waals surface area contributed by atoms with Gasteiger partial charge in [-0.2, -0.15) is 0 Å². The van der Waals surface area contributed by atoms with Gasteiger partial charge in [0.15, 0.2) is 6.61 Å². The van der Waals surface area contributed by atoms with Crippen molar-refractivity contribution < 1.29 is 19.1 Å². The average Bonchev–Trinajstić information content (AvgIpc) is 3.01. The van der Waals surface area contributed by atoms with E-state index in [1.54, 1.807) is 17.5 Å². The van der Waals surface area contributed by atoms with Crippen molar-refractivity contribution in [2.45, 2.75) is 20.3 Å². The molecule has 0 spiro atoms. The Morgan fingerprint density at radius 3 is 2.44 bits per heavy atom. The Hall–Kier alpha value is -2.67. The fraction of sp³-hybridized carbons (Fsp3) is 0.278. The molecular formula is C18H20N2O4S. The zero-order chi connectivity index (χ0) is 18.4. The van der Waals surface area contributed by atoms with Gasteiger partial charge in [0, 0.05) is 0 Å². The second kappa shape index (κ2) is 8.43. The molecule has 132 valence electrons. The predicted molar refractivity (Wildman–Crippen MR) is 96.7 cm³/mol. The smallest absolute Gasteiger partial charge is 0.338 e. The van der Waals surface area contributed by atoms with E-state index in [1.165, 1.54) is 17.4 Å². The maximum atomic E-state index is 12.0. The topological polar surface area (TPSA) is 98.5 Å². The van der Waals surface area contributed by atoms with Gasteiger partial charge in [0.1, 0.15) is 5.00 Å². The summed E-state index contributed by atoms with van der Waals surface area (Å²) in [5.41, 5.74) is 6.96. The first-order valence-corrected chi connectivity index (χ1v) is 8.68. The van der Waals surface area contributed by atoms with E-state index >= 15 is 0 Å². The first-order chi connectivity index (χ1) is 11.9. The van der Waals surface area contributed by atoms with Crippen molar-refractivity contribution in [2.75, 3.05) is 11.9 Å². The zero-order valence-corrected chi connectivity index (χ0v) is 14.9. The van der Waals surface area contributed by atoms with Crippen molar-refractivity contribution >= 4 is 34.1 Å². The van der Waals surface area contributed by atoms with Gasteiger partial charge in [-0.25, -0.2) is 4.79 Å². The fourth-order valence-electron chi connectivity index (χ4n) is 2.23. The third kappa shape index (κ3) is 5.42. The van der Waals surface area contributed by atoms with E-state index in [0.717, 1.165) is 12.0 Å². The van der Waals surface area contributed by atoms with Gasteiger partial charge in [0.05, 0.1) is 11.1 Å². The van der Waals surface area contributed by atoms with Gasteiger partial charge in [-0.15, -0.1) is 11.3 Å². The first-order valence-electron chi connectivity index (χ1n) is 7.80. The molecule has 25 heavy (non-hydrogen) atoms. The fourth-order valence-corrected chi connectivity index (χ4v) is 3.03. The summed E-state index contributed by atoms with van der Waals surface area (Å²) in [6.07, 6.45) is 0.931. The molecule has 0 aliphatic rings. The summed E-state index contributed by atoms with van der Waals surface area (Å²) < 4.78 is 5.00. The van der Waals surface area contributed by atoms with Gasteiger partial charge < -0.3 is 15.8 Å². The minimum Gasteiger partial charge on any atom is -0.452 e. The number of hydrogen-bond donors (Lipinski definition) is 2. The Kier molecular flexibility index (Phi) is 6.30. The molecule has 0 aliphatic carbocycles. The molecule has 1 aromatic carbocycles. The van der Waals surface area contributed by atoms with Crippen molar-refractivity contribution in [3.8, 4) is 0 Å². The molecule has 0 aliphatic heterocycles. The lowest BCUT2D eigenvalue weighted by atomic mass is 10.0. The Bertz CT molecular complexity index is 766. The lowest BCUT2D eigenvalue weighted by Gasteiger charge is -2.08. The quantitative estimate of drug-likeness (QED) is 0.742. The molecule has 0 saturated heterocycles. The number of thiophene rings is 1. The number of carbonyl (C=O) groups excluding carboxylic acids is 3. The molecule has 7 heteroatoms. The highest BCUT2D eigenvalue weighted by atomic mass is 32.1. The molecule has 0 bridgehead atoms. The van der Waals surface area contributed by atoms with Crippen molar-refractivity contribution in [2.24, 2.45) is 11.7 Å². The molecule has 0 fully saturated rings. The van der Waals surface area contributed by atoms with E-state index in [9.17, 15) is 14.4 Å². The van der Waals surface area contributed by atoms with E-state index < -0.39 is 24.4 Å². The Balaban J connectivity index is 1.87. The normalized spacial score (nSPS) is 10.5. The number of rotatable bonds is 7. The number of benzene rings is 1. The zero-order valence-electron chi connectivity index (χ0n) is 14.1. The van der Waals surface area contributed by atoms with Crippen LogP contribution in [0.25, 0.3) is 0 Å². The summed E-state index contributed by atoms with van der Waals surface area (Å²) in [7, 11) is 0. The van der Waals surface area contributed by atoms with Crippen LogP contribution in [-0.2, 0) is 16.0 Å². The van der Waals surface area contributed by atoms with Crippen molar-refractivity contribution in [3.05, 3.63) is 52.4 Å². The van der Waals surface area contributed by atoms with E-state index in [4.69, 9.17) is 10.5 Å².